The van der Waals surface area contributed by atoms with Gasteiger partial charge in [0.1, 0.15) is 18.1 Å². The summed E-state index contributed by atoms with van der Waals surface area (Å²) in [6.07, 6.45) is 114. The van der Waals surface area contributed by atoms with Crippen molar-refractivity contribution < 1.29 is 28.8 Å². The van der Waals surface area contributed by atoms with E-state index in [1.807, 2.05) is 17.8 Å². The Hall–Kier alpha value is -5.81. The molecule has 3 unspecified atom stereocenters. The molecule has 748 valence electrons. The fourth-order valence-corrected chi connectivity index (χ4v) is 17.3. The zero-order valence-electron chi connectivity index (χ0n) is 85.5. The van der Waals surface area contributed by atoms with Gasteiger partial charge in [-0.25, -0.2) is 15.0 Å². The lowest BCUT2D eigenvalue weighted by molar-refractivity contribution is -0.129. The van der Waals surface area contributed by atoms with E-state index >= 15 is 0 Å². The lowest BCUT2D eigenvalue weighted by Crippen LogP contribution is -2.48. The molecule has 0 spiro atoms. The average Bonchev–Trinajstić information content (AvgIpc) is 1.73. The number of aromatic amines is 2. The standard InChI is InChI=1S/C42H78N4O2.C36H68N4O2.C33H62N4O2/c1-3-5-7-9-11-13-15-17-19-21-23-25-27-29-31-33-35-44-42(48)40(36-39-37-43-38-45-39)46-41(47)34-32-30-28-26-24-22-20-18-16-14-12-10-8-6-4-2;1-3-5-7-9-11-13-15-17-18-20-22-24-26-28-35(41)40-34(30-33-31-37-32-39-33)36(42)38-29-27-25-23-21-19-16-14-12-10-8-6-4-2;1-4-6-8-10-12-14-16-17-19-21-23-25-32(38)36-31(27-30-28-37(3)29-35-30)33(39)34-26-24-22-20-18-15-13-11-9-7-5-2/h17,19,37-38,40H,3-16,18,20-36H2,1-2H3,(H,43,45)(H,44,48)(H,46,47);31-32,34H,3-30H2,1-2H3,(H,37,39)(H,38,42)(H,40,41);28-29,31H,4-27H2,1-3H3,(H,34,39)(H,36,38)/b19-17+;;. The van der Waals surface area contributed by atoms with Gasteiger partial charge in [0.2, 0.25) is 35.4 Å². The van der Waals surface area contributed by atoms with Gasteiger partial charge in [-0.1, -0.05) is 471 Å². The average molecular weight is 1810 g/mol. The van der Waals surface area contributed by atoms with Crippen LogP contribution in [0.3, 0.4) is 0 Å². The smallest absolute Gasteiger partial charge is 0.242 e. The lowest BCUT2D eigenvalue weighted by atomic mass is 10.0. The highest BCUT2D eigenvalue weighted by molar-refractivity contribution is 5.89. The molecule has 3 aromatic rings. The molecule has 3 aromatic heterocycles. The Balaban J connectivity index is 0.000000973. The van der Waals surface area contributed by atoms with Crippen LogP contribution in [0.5, 0.6) is 0 Å². The van der Waals surface area contributed by atoms with Gasteiger partial charge in [0, 0.05) is 95.2 Å². The Morgan fingerprint density at radius 3 is 0.705 bits per heavy atom. The highest BCUT2D eigenvalue weighted by atomic mass is 16.2. The molecule has 6 amide bonds. The molecule has 0 aliphatic rings. The SMILES string of the molecule is CCCCCCCC/C=C/CCCCCCCCNC(=O)C(Cc1cnc[nH]1)NC(=O)CCCCCCCCCCCCCCCCC.CCCCCCCCCCCCCC(=O)NC(Cc1cn(C)cn1)C(=O)NCCCCCCCCCCCC.CCCCCCCCCCCCCCCC(=O)NC(Cc1cnc[nH]1)C(=O)NCCCCCCCCCCCCCC. The zero-order chi connectivity index (χ0) is 93.3. The number of H-pyrrole nitrogens is 2. The molecule has 3 heterocycles. The predicted molar refractivity (Wildman–Crippen MR) is 550 cm³/mol. The van der Waals surface area contributed by atoms with Crippen LogP contribution in [-0.2, 0) is 55.1 Å². The van der Waals surface area contributed by atoms with Crippen molar-refractivity contribution in [3.8, 4) is 0 Å². The van der Waals surface area contributed by atoms with Gasteiger partial charge in [-0.2, -0.15) is 0 Å². The summed E-state index contributed by atoms with van der Waals surface area (Å²) >= 11 is 0. The number of carbonyl (C=O) groups is 6. The minimum atomic E-state index is -0.566. The molecule has 0 bridgehead atoms. The molecule has 18 nitrogen and oxygen atoms in total. The summed E-state index contributed by atoms with van der Waals surface area (Å²) in [5, 5.41) is 18.2. The van der Waals surface area contributed by atoms with Crippen molar-refractivity contribution in [3.05, 3.63) is 66.8 Å². The third-order valence-electron chi connectivity index (χ3n) is 25.8. The molecule has 18 heteroatoms. The molecule has 0 saturated heterocycles. The zero-order valence-corrected chi connectivity index (χ0v) is 85.5. The Bertz CT molecular complexity index is 2900. The molecule has 0 aromatic carbocycles. The van der Waals surface area contributed by atoms with Crippen LogP contribution in [0.4, 0.5) is 0 Å². The highest BCUT2D eigenvalue weighted by Gasteiger charge is 2.25. The first-order valence-corrected chi connectivity index (χ1v) is 55.7. The maximum atomic E-state index is 13.0. The Labute approximate surface area is 794 Å². The van der Waals surface area contributed by atoms with Crippen molar-refractivity contribution in [1.82, 2.24) is 61.4 Å². The summed E-state index contributed by atoms with van der Waals surface area (Å²) in [6, 6.07) is -1.69. The normalized spacial score (nSPS) is 12.0. The van der Waals surface area contributed by atoms with Gasteiger partial charge in [-0.05, 0) is 64.2 Å². The van der Waals surface area contributed by atoms with E-state index in [1.165, 1.54) is 405 Å². The molecular weight excluding hydrogens is 1600 g/mol. The second-order valence-corrected chi connectivity index (χ2v) is 38.5. The number of nitrogens with one attached hydrogen (secondary N) is 8. The number of hydrogen-bond acceptors (Lipinski definition) is 9. The van der Waals surface area contributed by atoms with Crippen molar-refractivity contribution >= 4 is 35.4 Å². The van der Waals surface area contributed by atoms with Crippen LogP contribution >= 0.6 is 0 Å². The van der Waals surface area contributed by atoms with Crippen molar-refractivity contribution in [2.24, 2.45) is 7.05 Å². The first-order chi connectivity index (χ1) is 63.4. The quantitative estimate of drug-likeness (QED) is 0.0197. The number of nitrogens with zero attached hydrogens (tertiary/aromatic N) is 4. The van der Waals surface area contributed by atoms with Crippen molar-refractivity contribution in [1.29, 1.82) is 0 Å². The molecule has 0 aliphatic carbocycles. The first kappa shape index (κ1) is 121. The molecule has 0 radical (unpaired) electrons. The van der Waals surface area contributed by atoms with E-state index in [2.05, 4.69) is 111 Å². The summed E-state index contributed by atoms with van der Waals surface area (Å²) < 4.78 is 1.88. The molecular formula is C111H208N12O6. The van der Waals surface area contributed by atoms with Gasteiger partial charge in [-0.15, -0.1) is 0 Å². The van der Waals surface area contributed by atoms with Crippen LogP contribution in [0.1, 0.15) is 559 Å². The number of carbonyl (C=O) groups excluding carboxylic acids is 6. The monoisotopic (exact) mass is 1810 g/mol. The van der Waals surface area contributed by atoms with E-state index in [0.717, 1.165) is 94.1 Å². The van der Waals surface area contributed by atoms with Crippen LogP contribution in [0.25, 0.3) is 0 Å². The molecule has 0 saturated carbocycles. The summed E-state index contributed by atoms with van der Waals surface area (Å²) in [7, 11) is 1.92. The van der Waals surface area contributed by atoms with Crippen molar-refractivity contribution in [2.45, 2.75) is 580 Å². The van der Waals surface area contributed by atoms with Crippen LogP contribution in [0.2, 0.25) is 0 Å². The summed E-state index contributed by atoms with van der Waals surface area (Å²) in [5.74, 6) is -0.358. The fraction of sp³-hybridized carbons (Fsp3) is 0.847. The number of rotatable bonds is 94. The van der Waals surface area contributed by atoms with E-state index in [1.54, 1.807) is 31.4 Å². The Morgan fingerprint density at radius 1 is 0.287 bits per heavy atom. The largest absolute Gasteiger partial charge is 0.354 e. The van der Waals surface area contributed by atoms with Crippen molar-refractivity contribution in [3.63, 3.8) is 0 Å². The van der Waals surface area contributed by atoms with Gasteiger partial charge in [0.15, 0.2) is 0 Å². The van der Waals surface area contributed by atoms with Gasteiger partial charge < -0.3 is 46.4 Å². The number of aryl methyl sites for hydroxylation is 1. The molecule has 3 atom stereocenters. The van der Waals surface area contributed by atoms with E-state index < -0.39 is 18.1 Å². The molecule has 129 heavy (non-hydrogen) atoms. The van der Waals surface area contributed by atoms with E-state index in [9.17, 15) is 28.8 Å². The van der Waals surface area contributed by atoms with Crippen LogP contribution in [0.15, 0.2) is 49.7 Å². The van der Waals surface area contributed by atoms with E-state index in [-0.39, 0.29) is 35.4 Å². The number of hydrogen-bond donors (Lipinski definition) is 8. The second kappa shape index (κ2) is 96.8. The number of aromatic nitrogens is 6. The van der Waals surface area contributed by atoms with Crippen LogP contribution < -0.4 is 31.9 Å². The maximum Gasteiger partial charge on any atom is 0.242 e. The number of allylic oxidation sites excluding steroid dienone is 2. The molecule has 8 N–H and O–H groups in total. The van der Waals surface area contributed by atoms with Gasteiger partial charge in [0.25, 0.3) is 0 Å². The lowest BCUT2D eigenvalue weighted by Gasteiger charge is -2.18. The summed E-state index contributed by atoms with van der Waals surface area (Å²) in [4.78, 5) is 95.6. The molecule has 0 fully saturated rings. The molecule has 3 rings (SSSR count). The number of amides is 6. The van der Waals surface area contributed by atoms with Gasteiger partial charge in [0.05, 0.1) is 24.7 Å². The van der Waals surface area contributed by atoms with Gasteiger partial charge in [-0.3, -0.25) is 28.8 Å². The fourth-order valence-electron chi connectivity index (χ4n) is 17.3. The van der Waals surface area contributed by atoms with E-state index in [0.29, 0.717) is 58.2 Å². The third-order valence-corrected chi connectivity index (χ3v) is 25.8. The minimum absolute atomic E-state index is 0.0249. The Kier molecular flexibility index (Phi) is 90.9. The summed E-state index contributed by atoms with van der Waals surface area (Å²) in [5.41, 5.74) is 2.55. The topological polar surface area (TPSA) is 250 Å². The van der Waals surface area contributed by atoms with Crippen LogP contribution in [0, 0.1) is 0 Å². The second-order valence-electron chi connectivity index (χ2n) is 38.5. The minimum Gasteiger partial charge on any atom is -0.354 e. The van der Waals surface area contributed by atoms with Gasteiger partial charge >= 0.3 is 0 Å². The number of imidazole rings is 3. The van der Waals surface area contributed by atoms with E-state index in [4.69, 9.17) is 0 Å². The van der Waals surface area contributed by atoms with Crippen molar-refractivity contribution in [2.75, 3.05) is 19.6 Å². The third kappa shape index (κ3) is 83.7. The highest BCUT2D eigenvalue weighted by Crippen LogP contribution is 2.21. The first-order valence-electron chi connectivity index (χ1n) is 55.7. The number of unbranched alkanes of at least 4 members (excludes halogenated alkanes) is 68. The predicted octanol–water partition coefficient (Wildman–Crippen LogP) is 29.8. The maximum absolute atomic E-state index is 13.0. The summed E-state index contributed by atoms with van der Waals surface area (Å²) in [6.45, 7) is 15.6. The molecule has 0 aliphatic heterocycles. The Morgan fingerprint density at radius 2 is 0.496 bits per heavy atom. The van der Waals surface area contributed by atoms with Crippen LogP contribution in [-0.4, -0.2) is 103 Å².